The normalized spacial score (nSPS) is 9.77. The largest absolute Gasteiger partial charge is 0.497 e. The van der Waals surface area contributed by atoms with Gasteiger partial charge in [-0.2, -0.15) is 0 Å². The first-order chi connectivity index (χ1) is 12.5. The van der Waals surface area contributed by atoms with Crippen LogP contribution in [0, 0.1) is 0 Å². The van der Waals surface area contributed by atoms with Gasteiger partial charge < -0.3 is 19.5 Å². The summed E-state index contributed by atoms with van der Waals surface area (Å²) in [5, 5.41) is 5.56. The van der Waals surface area contributed by atoms with Crippen LogP contribution in [-0.2, 0) is 9.53 Å². The molecule has 0 atom stereocenters. The van der Waals surface area contributed by atoms with Crippen molar-refractivity contribution in [2.75, 3.05) is 26.1 Å². The van der Waals surface area contributed by atoms with Gasteiger partial charge in [0.25, 0.3) is 5.91 Å². The van der Waals surface area contributed by atoms with Gasteiger partial charge in [-0.15, -0.1) is 0 Å². The maximum Gasteiger partial charge on any atom is 0.337 e. The average Bonchev–Trinajstić information content (AvgIpc) is 2.66. The summed E-state index contributed by atoms with van der Waals surface area (Å²) in [6.45, 7) is -0.220. The van der Waals surface area contributed by atoms with E-state index in [2.05, 4.69) is 15.4 Å². The summed E-state index contributed by atoms with van der Waals surface area (Å²) >= 11 is 5.08. The first-order valence-electron chi connectivity index (χ1n) is 7.58. The molecule has 0 unspecified atom stereocenters. The van der Waals surface area contributed by atoms with Crippen molar-refractivity contribution in [1.29, 1.82) is 0 Å². The molecule has 2 aromatic rings. The Balaban J connectivity index is 1.78. The molecule has 0 spiro atoms. The van der Waals surface area contributed by atoms with Crippen molar-refractivity contribution in [3.05, 3.63) is 54.1 Å². The third kappa shape index (κ3) is 5.75. The number of rotatable bonds is 6. The van der Waals surface area contributed by atoms with Crippen LogP contribution in [-0.4, -0.2) is 37.8 Å². The van der Waals surface area contributed by atoms with Crippen LogP contribution in [0.2, 0.25) is 0 Å². The van der Waals surface area contributed by atoms with Crippen LogP contribution >= 0.6 is 12.2 Å². The molecule has 2 N–H and O–H groups in total. The molecule has 0 heterocycles. The van der Waals surface area contributed by atoms with E-state index in [0.29, 0.717) is 11.3 Å². The van der Waals surface area contributed by atoms with Crippen molar-refractivity contribution in [1.82, 2.24) is 5.32 Å². The van der Waals surface area contributed by atoms with E-state index < -0.39 is 11.9 Å². The summed E-state index contributed by atoms with van der Waals surface area (Å²) in [6.07, 6.45) is 0. The molecule has 1 amide bonds. The maximum atomic E-state index is 11.9. The number of nitrogens with one attached hydrogen (secondary N) is 2. The standard InChI is InChI=1S/C18H18N2O5S/c1-23-14-9-5-13(6-10-14)19-18(26)20-16(21)11-25-15-7-3-12(4-8-15)17(22)24-2/h3-10H,11H2,1-2H3,(H2,19,20,21,26). The molecule has 8 heteroatoms. The number of carbonyl (C=O) groups is 2. The van der Waals surface area contributed by atoms with E-state index in [9.17, 15) is 9.59 Å². The first kappa shape index (κ1) is 19.2. The molecule has 2 rings (SSSR count). The third-order valence-electron chi connectivity index (χ3n) is 3.25. The number of hydrogen-bond donors (Lipinski definition) is 2. The zero-order valence-corrected chi connectivity index (χ0v) is 15.1. The number of benzene rings is 2. The Labute approximate surface area is 156 Å². The minimum atomic E-state index is -0.441. The Morgan fingerprint density at radius 1 is 0.962 bits per heavy atom. The van der Waals surface area contributed by atoms with E-state index in [0.717, 1.165) is 11.4 Å². The van der Waals surface area contributed by atoms with Crippen LogP contribution in [0.1, 0.15) is 10.4 Å². The van der Waals surface area contributed by atoms with Crippen molar-refractivity contribution in [2.24, 2.45) is 0 Å². The number of anilines is 1. The second kappa shape index (κ2) is 9.38. The number of carbonyl (C=O) groups excluding carboxylic acids is 2. The molecule has 0 fully saturated rings. The molecule has 26 heavy (non-hydrogen) atoms. The fourth-order valence-electron chi connectivity index (χ4n) is 1.95. The molecule has 0 saturated heterocycles. The van der Waals surface area contributed by atoms with E-state index in [1.165, 1.54) is 7.11 Å². The molecule has 0 aliphatic heterocycles. The van der Waals surface area contributed by atoms with Gasteiger partial charge >= 0.3 is 5.97 Å². The predicted octanol–water partition coefficient (Wildman–Crippen LogP) is 2.37. The van der Waals surface area contributed by atoms with Crippen molar-refractivity contribution >= 4 is 34.9 Å². The SMILES string of the molecule is COC(=O)c1ccc(OCC(=O)NC(=S)Nc2ccc(OC)cc2)cc1. The number of thiocarbonyl (C=S) groups is 1. The topological polar surface area (TPSA) is 85.9 Å². The second-order valence-corrected chi connectivity index (χ2v) is 5.44. The Kier molecular flexibility index (Phi) is 6.92. The number of esters is 1. The molecule has 2 aromatic carbocycles. The molecule has 0 saturated carbocycles. The quantitative estimate of drug-likeness (QED) is 0.593. The van der Waals surface area contributed by atoms with E-state index >= 15 is 0 Å². The van der Waals surface area contributed by atoms with Crippen molar-refractivity contribution < 1.29 is 23.8 Å². The fourth-order valence-corrected chi connectivity index (χ4v) is 2.19. The van der Waals surface area contributed by atoms with Gasteiger partial charge in [-0.1, -0.05) is 0 Å². The summed E-state index contributed by atoms with van der Waals surface area (Å²) in [6, 6.07) is 13.3. The van der Waals surface area contributed by atoms with Gasteiger partial charge in [0.2, 0.25) is 0 Å². The Hall–Kier alpha value is -3.13. The average molecular weight is 374 g/mol. The van der Waals surface area contributed by atoms with E-state index in [1.807, 2.05) is 0 Å². The van der Waals surface area contributed by atoms with Gasteiger partial charge in [0.15, 0.2) is 11.7 Å². The minimum Gasteiger partial charge on any atom is -0.497 e. The van der Waals surface area contributed by atoms with Gasteiger partial charge in [0, 0.05) is 5.69 Å². The lowest BCUT2D eigenvalue weighted by Gasteiger charge is -2.11. The maximum absolute atomic E-state index is 11.9. The number of ether oxygens (including phenoxy) is 3. The van der Waals surface area contributed by atoms with E-state index in [-0.39, 0.29) is 11.7 Å². The highest BCUT2D eigenvalue weighted by Crippen LogP contribution is 2.15. The van der Waals surface area contributed by atoms with Crippen LogP contribution in [0.5, 0.6) is 11.5 Å². The van der Waals surface area contributed by atoms with Crippen molar-refractivity contribution in [3.63, 3.8) is 0 Å². The minimum absolute atomic E-state index is 0.157. The molecule has 0 aromatic heterocycles. The molecule has 0 bridgehead atoms. The Morgan fingerprint density at radius 3 is 2.15 bits per heavy atom. The summed E-state index contributed by atoms with van der Waals surface area (Å²) < 4.78 is 15.0. The highest BCUT2D eigenvalue weighted by molar-refractivity contribution is 7.80. The van der Waals surface area contributed by atoms with Crippen LogP contribution < -0.4 is 20.1 Å². The summed E-state index contributed by atoms with van der Waals surface area (Å²) in [5.74, 6) is 0.316. The van der Waals surface area contributed by atoms with Crippen LogP contribution in [0.3, 0.4) is 0 Å². The third-order valence-corrected chi connectivity index (χ3v) is 3.45. The lowest BCUT2D eigenvalue weighted by Crippen LogP contribution is -2.37. The van der Waals surface area contributed by atoms with Gasteiger partial charge in [0.05, 0.1) is 19.8 Å². The highest BCUT2D eigenvalue weighted by Gasteiger charge is 2.08. The van der Waals surface area contributed by atoms with E-state index in [1.54, 1.807) is 55.6 Å². The molecule has 0 radical (unpaired) electrons. The van der Waals surface area contributed by atoms with Gasteiger partial charge in [-0.25, -0.2) is 4.79 Å². The van der Waals surface area contributed by atoms with Crippen LogP contribution in [0.15, 0.2) is 48.5 Å². The molecule has 0 aliphatic carbocycles. The molecule has 7 nitrogen and oxygen atoms in total. The molecule has 136 valence electrons. The van der Waals surface area contributed by atoms with E-state index in [4.69, 9.17) is 21.7 Å². The smallest absolute Gasteiger partial charge is 0.337 e. The zero-order chi connectivity index (χ0) is 18.9. The summed E-state index contributed by atoms with van der Waals surface area (Å²) in [7, 11) is 2.89. The Morgan fingerprint density at radius 2 is 1.58 bits per heavy atom. The summed E-state index contributed by atoms with van der Waals surface area (Å²) in [5.41, 5.74) is 1.12. The molecular weight excluding hydrogens is 356 g/mol. The molecular formula is C18H18N2O5S. The summed E-state index contributed by atoms with van der Waals surface area (Å²) in [4.78, 5) is 23.2. The van der Waals surface area contributed by atoms with Crippen molar-refractivity contribution in [2.45, 2.75) is 0 Å². The zero-order valence-electron chi connectivity index (χ0n) is 14.3. The van der Waals surface area contributed by atoms with Gasteiger partial charge in [-0.05, 0) is 60.7 Å². The fraction of sp³-hybridized carbons (Fsp3) is 0.167. The lowest BCUT2D eigenvalue weighted by atomic mass is 10.2. The first-order valence-corrected chi connectivity index (χ1v) is 7.98. The molecule has 0 aliphatic rings. The highest BCUT2D eigenvalue weighted by atomic mass is 32.1. The predicted molar refractivity (Wildman–Crippen MR) is 101 cm³/mol. The second-order valence-electron chi connectivity index (χ2n) is 5.04. The monoisotopic (exact) mass is 374 g/mol. The van der Waals surface area contributed by atoms with Gasteiger partial charge in [-0.3, -0.25) is 10.1 Å². The van der Waals surface area contributed by atoms with Crippen LogP contribution in [0.4, 0.5) is 5.69 Å². The number of hydrogen-bond acceptors (Lipinski definition) is 6. The van der Waals surface area contributed by atoms with Crippen LogP contribution in [0.25, 0.3) is 0 Å². The van der Waals surface area contributed by atoms with Crippen molar-refractivity contribution in [3.8, 4) is 11.5 Å². The number of methoxy groups -OCH3 is 2. The van der Waals surface area contributed by atoms with Gasteiger partial charge in [0.1, 0.15) is 11.5 Å². The number of amides is 1. The lowest BCUT2D eigenvalue weighted by molar-refractivity contribution is -0.121. The Bertz CT molecular complexity index is 775.